The molecule has 0 amide bonds. The van der Waals surface area contributed by atoms with Crippen LogP contribution >= 0.6 is 0 Å². The molecular weight excluding hydrogens is 268 g/mol. The maximum atomic E-state index is 11.9. The number of rotatable bonds is 6. The van der Waals surface area contributed by atoms with Gasteiger partial charge in [-0.05, 0) is 25.6 Å². The third kappa shape index (κ3) is 3.24. The third-order valence-electron chi connectivity index (χ3n) is 2.94. The van der Waals surface area contributed by atoms with Crippen LogP contribution in [0.25, 0.3) is 0 Å². The second-order valence-corrected chi connectivity index (χ2v) is 5.90. The van der Waals surface area contributed by atoms with Gasteiger partial charge in [-0.1, -0.05) is 19.1 Å². The van der Waals surface area contributed by atoms with Gasteiger partial charge in [-0.25, -0.2) is 17.9 Å². The number of para-hydroxylation sites is 1. The molecule has 106 valence electrons. The molecule has 7 heteroatoms. The van der Waals surface area contributed by atoms with Gasteiger partial charge in [0.05, 0.1) is 5.69 Å². The van der Waals surface area contributed by atoms with Gasteiger partial charge in [0.15, 0.2) is 0 Å². The number of carboxylic acid groups (broad SMARTS) is 1. The topological polar surface area (TPSA) is 86.7 Å². The Kier molecular flexibility index (Phi) is 4.90. The van der Waals surface area contributed by atoms with Crippen LogP contribution in [0.15, 0.2) is 29.2 Å². The lowest BCUT2D eigenvalue weighted by Crippen LogP contribution is -2.39. The van der Waals surface area contributed by atoms with Gasteiger partial charge >= 0.3 is 5.97 Å². The van der Waals surface area contributed by atoms with Gasteiger partial charge in [-0.2, -0.15) is 0 Å². The highest BCUT2D eigenvalue weighted by Gasteiger charge is 2.25. The van der Waals surface area contributed by atoms with Crippen molar-refractivity contribution in [1.82, 2.24) is 4.72 Å². The van der Waals surface area contributed by atoms with E-state index in [1.54, 1.807) is 32.2 Å². The lowest BCUT2D eigenvalue weighted by molar-refractivity contribution is -0.138. The number of hydrogen-bond acceptors (Lipinski definition) is 4. The van der Waals surface area contributed by atoms with Crippen LogP contribution < -0.4 is 9.62 Å². The predicted molar refractivity (Wildman–Crippen MR) is 72.8 cm³/mol. The Balaban J connectivity index is 3.32. The summed E-state index contributed by atoms with van der Waals surface area (Å²) in [5.74, 6) is -0.985. The zero-order valence-corrected chi connectivity index (χ0v) is 11.9. The summed E-state index contributed by atoms with van der Waals surface area (Å²) in [5.41, 5.74) is 0.367. The number of hydrogen-bond donors (Lipinski definition) is 2. The van der Waals surface area contributed by atoms with Crippen LogP contribution in [-0.4, -0.2) is 39.6 Å². The fourth-order valence-electron chi connectivity index (χ4n) is 1.87. The minimum absolute atomic E-state index is 0.0692. The van der Waals surface area contributed by atoms with E-state index in [4.69, 9.17) is 5.11 Å². The SMILES string of the molecule is CCC(C(=O)O)N(C)c1ccccc1S(=O)(=O)NC. The number of sulfonamides is 1. The van der Waals surface area contributed by atoms with Crippen LogP contribution in [0.1, 0.15) is 13.3 Å². The van der Waals surface area contributed by atoms with Gasteiger partial charge in [0.1, 0.15) is 10.9 Å². The Hall–Kier alpha value is -1.60. The maximum Gasteiger partial charge on any atom is 0.326 e. The number of benzene rings is 1. The van der Waals surface area contributed by atoms with Crippen LogP contribution in [0.5, 0.6) is 0 Å². The highest BCUT2D eigenvalue weighted by atomic mass is 32.2. The zero-order valence-electron chi connectivity index (χ0n) is 11.1. The average Bonchev–Trinajstić information content (AvgIpc) is 2.39. The van der Waals surface area contributed by atoms with Crippen LogP contribution in [-0.2, 0) is 14.8 Å². The second kappa shape index (κ2) is 6.03. The Bertz CT molecular complexity index is 557. The Morgan fingerprint density at radius 2 is 2.00 bits per heavy atom. The molecule has 0 radical (unpaired) electrons. The van der Waals surface area contributed by atoms with Crippen LogP contribution in [0.3, 0.4) is 0 Å². The molecule has 0 aliphatic rings. The van der Waals surface area contributed by atoms with E-state index in [-0.39, 0.29) is 4.90 Å². The molecule has 2 N–H and O–H groups in total. The molecule has 0 aliphatic carbocycles. The van der Waals surface area contributed by atoms with Crippen LogP contribution in [0.2, 0.25) is 0 Å². The van der Waals surface area contributed by atoms with E-state index in [1.807, 2.05) is 0 Å². The number of carboxylic acids is 1. The molecule has 1 atom stereocenters. The van der Waals surface area contributed by atoms with E-state index in [9.17, 15) is 13.2 Å². The Morgan fingerprint density at radius 1 is 1.42 bits per heavy atom. The summed E-state index contributed by atoms with van der Waals surface area (Å²) < 4.78 is 26.1. The fraction of sp³-hybridized carbons (Fsp3) is 0.417. The molecule has 0 saturated carbocycles. The van der Waals surface area contributed by atoms with E-state index in [1.165, 1.54) is 18.0 Å². The molecule has 0 aromatic heterocycles. The molecule has 19 heavy (non-hydrogen) atoms. The quantitative estimate of drug-likeness (QED) is 0.811. The van der Waals surface area contributed by atoms with E-state index in [2.05, 4.69) is 4.72 Å². The summed E-state index contributed by atoms with van der Waals surface area (Å²) in [6.45, 7) is 1.74. The minimum atomic E-state index is -3.63. The number of anilines is 1. The highest BCUT2D eigenvalue weighted by molar-refractivity contribution is 7.89. The number of nitrogens with one attached hydrogen (secondary N) is 1. The van der Waals surface area contributed by atoms with E-state index < -0.39 is 22.0 Å². The monoisotopic (exact) mass is 286 g/mol. The normalized spacial score (nSPS) is 13.0. The lowest BCUT2D eigenvalue weighted by Gasteiger charge is -2.27. The van der Waals surface area contributed by atoms with Crippen molar-refractivity contribution < 1.29 is 18.3 Å². The average molecular weight is 286 g/mol. The van der Waals surface area contributed by atoms with Crippen molar-refractivity contribution >= 4 is 21.7 Å². The number of aliphatic carboxylic acids is 1. The number of likely N-dealkylation sites (N-methyl/N-ethyl adjacent to an activating group) is 1. The molecule has 1 aromatic carbocycles. The first-order valence-electron chi connectivity index (χ1n) is 5.83. The number of nitrogens with zero attached hydrogens (tertiary/aromatic N) is 1. The summed E-state index contributed by atoms with van der Waals surface area (Å²) >= 11 is 0. The van der Waals surface area contributed by atoms with Gasteiger partial charge in [-0.3, -0.25) is 0 Å². The van der Waals surface area contributed by atoms with Gasteiger partial charge in [0.25, 0.3) is 0 Å². The third-order valence-corrected chi connectivity index (χ3v) is 4.40. The van der Waals surface area contributed by atoms with E-state index >= 15 is 0 Å². The summed E-state index contributed by atoms with van der Waals surface area (Å²) in [4.78, 5) is 12.7. The minimum Gasteiger partial charge on any atom is -0.480 e. The molecule has 1 unspecified atom stereocenters. The van der Waals surface area contributed by atoms with E-state index in [0.717, 1.165) is 0 Å². The van der Waals surface area contributed by atoms with Crippen molar-refractivity contribution in [3.8, 4) is 0 Å². The predicted octanol–water partition coefficient (Wildman–Crippen LogP) is 0.894. The first-order chi connectivity index (χ1) is 8.85. The van der Waals surface area contributed by atoms with Gasteiger partial charge in [-0.15, -0.1) is 0 Å². The molecule has 0 spiro atoms. The molecular formula is C12H18N2O4S. The fourth-order valence-corrected chi connectivity index (χ4v) is 2.83. The molecule has 0 aliphatic heterocycles. The summed E-state index contributed by atoms with van der Waals surface area (Å²) in [7, 11) is -0.730. The standard InChI is InChI=1S/C12H18N2O4S/c1-4-9(12(15)16)14(3)10-7-5-6-8-11(10)19(17,18)13-2/h5-9,13H,4H2,1-3H3,(H,15,16). The largest absolute Gasteiger partial charge is 0.480 e. The lowest BCUT2D eigenvalue weighted by atomic mass is 10.2. The Labute approximate surface area is 113 Å². The van der Waals surface area contributed by atoms with Crippen molar-refractivity contribution in [3.05, 3.63) is 24.3 Å². The van der Waals surface area contributed by atoms with Crippen LogP contribution in [0.4, 0.5) is 5.69 Å². The van der Waals surface area contributed by atoms with Gasteiger partial charge < -0.3 is 10.0 Å². The maximum absolute atomic E-state index is 11.9. The van der Waals surface area contributed by atoms with Crippen molar-refractivity contribution in [1.29, 1.82) is 0 Å². The summed E-state index contributed by atoms with van der Waals surface area (Å²) in [6.07, 6.45) is 0.375. The first kappa shape index (κ1) is 15.5. The summed E-state index contributed by atoms with van der Waals surface area (Å²) in [6, 6.07) is 5.55. The molecule has 0 heterocycles. The number of carbonyl (C=O) groups is 1. The molecule has 0 saturated heterocycles. The molecule has 1 aromatic rings. The molecule has 0 fully saturated rings. The van der Waals surface area contributed by atoms with Gasteiger partial charge in [0, 0.05) is 7.05 Å². The second-order valence-electron chi connectivity index (χ2n) is 4.05. The van der Waals surface area contributed by atoms with Crippen molar-refractivity contribution in [2.45, 2.75) is 24.3 Å². The zero-order chi connectivity index (χ0) is 14.6. The van der Waals surface area contributed by atoms with Crippen LogP contribution in [0, 0.1) is 0 Å². The smallest absolute Gasteiger partial charge is 0.326 e. The van der Waals surface area contributed by atoms with Crippen molar-refractivity contribution in [2.24, 2.45) is 0 Å². The first-order valence-corrected chi connectivity index (χ1v) is 7.31. The van der Waals surface area contributed by atoms with E-state index in [0.29, 0.717) is 12.1 Å². The van der Waals surface area contributed by atoms with Crippen molar-refractivity contribution in [3.63, 3.8) is 0 Å². The Morgan fingerprint density at radius 3 is 2.47 bits per heavy atom. The molecule has 6 nitrogen and oxygen atoms in total. The molecule has 0 bridgehead atoms. The van der Waals surface area contributed by atoms with Gasteiger partial charge in [0.2, 0.25) is 10.0 Å². The van der Waals surface area contributed by atoms with Crippen molar-refractivity contribution in [2.75, 3.05) is 19.0 Å². The highest BCUT2D eigenvalue weighted by Crippen LogP contribution is 2.26. The molecule has 1 rings (SSSR count). The summed E-state index contributed by atoms with van der Waals surface area (Å²) in [5, 5.41) is 9.15.